The summed E-state index contributed by atoms with van der Waals surface area (Å²) in [5, 5.41) is 12.5. The first-order valence-electron chi connectivity index (χ1n) is 10.2. The van der Waals surface area contributed by atoms with Gasteiger partial charge in [-0.1, -0.05) is 41.9 Å². The van der Waals surface area contributed by atoms with Gasteiger partial charge in [-0.2, -0.15) is 0 Å². The van der Waals surface area contributed by atoms with Crippen LogP contribution in [0.5, 0.6) is 0 Å². The van der Waals surface area contributed by atoms with Gasteiger partial charge < -0.3 is 16.2 Å². The fourth-order valence-corrected chi connectivity index (χ4v) is 4.35. The highest BCUT2D eigenvalue weighted by Gasteiger charge is 2.47. The Bertz CT molecular complexity index is 1240. The molecule has 32 heavy (non-hydrogen) atoms. The van der Waals surface area contributed by atoms with Crippen LogP contribution in [0.4, 0.5) is 11.6 Å². The first kappa shape index (κ1) is 21.8. The van der Waals surface area contributed by atoms with Crippen LogP contribution in [0.2, 0.25) is 5.02 Å². The minimum absolute atomic E-state index is 0.0156. The van der Waals surface area contributed by atoms with Crippen molar-refractivity contribution in [2.24, 2.45) is 0 Å². The molecule has 3 aromatic rings. The van der Waals surface area contributed by atoms with Gasteiger partial charge in [-0.25, -0.2) is 9.97 Å². The molecule has 1 aliphatic rings. The zero-order chi connectivity index (χ0) is 23.0. The third-order valence-electron chi connectivity index (χ3n) is 5.95. The number of hydrogen-bond donors (Lipinski definition) is 3. The molecule has 1 aromatic heterocycles. The lowest BCUT2D eigenvalue weighted by molar-refractivity contribution is -0.137. The number of fused-ring (bicyclic) bond motifs is 1. The standard InChI is InChI=1S/C24H23ClN4O3/c1-13-10-17(25)8-7-15(13)12-18-27-21(26)20-22(28-18)29-23(32)24(20,2)16-5-3-4-14(11-16)6-9-19(30)31/h3-5,7-8,10-11H,6,9,12H2,1-2H3,(H,30,31)(H3,26,27,28,29,32). The maximum absolute atomic E-state index is 13.1. The van der Waals surface area contributed by atoms with E-state index in [2.05, 4.69) is 15.3 Å². The maximum Gasteiger partial charge on any atom is 0.303 e. The van der Waals surface area contributed by atoms with Crippen LogP contribution in [-0.4, -0.2) is 27.0 Å². The van der Waals surface area contributed by atoms with Gasteiger partial charge in [0.15, 0.2) is 0 Å². The van der Waals surface area contributed by atoms with E-state index in [0.29, 0.717) is 40.6 Å². The van der Waals surface area contributed by atoms with Gasteiger partial charge in [0, 0.05) is 17.9 Å². The van der Waals surface area contributed by atoms with Crippen molar-refractivity contribution in [2.75, 3.05) is 11.1 Å². The summed E-state index contributed by atoms with van der Waals surface area (Å²) in [4.78, 5) is 33.1. The number of nitrogens with two attached hydrogens (primary N) is 1. The maximum atomic E-state index is 13.1. The summed E-state index contributed by atoms with van der Waals surface area (Å²) in [6.45, 7) is 3.75. The van der Waals surface area contributed by atoms with Crippen LogP contribution in [0.25, 0.3) is 0 Å². The molecule has 4 rings (SSSR count). The van der Waals surface area contributed by atoms with E-state index in [1.54, 1.807) is 6.92 Å². The van der Waals surface area contributed by atoms with E-state index in [1.807, 2.05) is 49.4 Å². The number of aliphatic carboxylic acids is 1. The van der Waals surface area contributed by atoms with Gasteiger partial charge in [-0.05, 0) is 54.7 Å². The Morgan fingerprint density at radius 3 is 2.72 bits per heavy atom. The second kappa shape index (κ2) is 8.24. The lowest BCUT2D eigenvalue weighted by Crippen LogP contribution is -2.33. The number of rotatable bonds is 6. The average Bonchev–Trinajstić information content (AvgIpc) is 3.00. The molecule has 0 bridgehead atoms. The van der Waals surface area contributed by atoms with Crippen LogP contribution in [0.15, 0.2) is 42.5 Å². The van der Waals surface area contributed by atoms with Crippen molar-refractivity contribution in [3.8, 4) is 0 Å². The second-order valence-electron chi connectivity index (χ2n) is 8.17. The molecule has 0 aliphatic carbocycles. The van der Waals surface area contributed by atoms with Gasteiger partial charge in [0.2, 0.25) is 5.91 Å². The Hall–Kier alpha value is -3.45. The molecule has 1 atom stereocenters. The van der Waals surface area contributed by atoms with E-state index in [4.69, 9.17) is 22.4 Å². The number of aromatic nitrogens is 2. The Kier molecular flexibility index (Phi) is 5.60. The third-order valence-corrected chi connectivity index (χ3v) is 6.19. The number of halogens is 1. The van der Waals surface area contributed by atoms with E-state index in [-0.39, 0.29) is 18.1 Å². The summed E-state index contributed by atoms with van der Waals surface area (Å²) in [6, 6.07) is 13.0. The van der Waals surface area contributed by atoms with Gasteiger partial charge in [-0.15, -0.1) is 0 Å². The average molecular weight is 451 g/mol. The summed E-state index contributed by atoms with van der Waals surface area (Å²) in [5.74, 6) is 0.0396. The van der Waals surface area contributed by atoms with E-state index < -0.39 is 11.4 Å². The highest BCUT2D eigenvalue weighted by atomic mass is 35.5. The van der Waals surface area contributed by atoms with Crippen molar-refractivity contribution >= 4 is 35.1 Å². The van der Waals surface area contributed by atoms with Crippen molar-refractivity contribution < 1.29 is 14.7 Å². The van der Waals surface area contributed by atoms with E-state index in [1.165, 1.54) is 0 Å². The topological polar surface area (TPSA) is 118 Å². The molecule has 0 fully saturated rings. The predicted molar refractivity (Wildman–Crippen MR) is 123 cm³/mol. The van der Waals surface area contributed by atoms with Gasteiger partial charge in [0.25, 0.3) is 0 Å². The molecule has 0 radical (unpaired) electrons. The first-order chi connectivity index (χ1) is 15.2. The van der Waals surface area contributed by atoms with Crippen molar-refractivity contribution in [1.29, 1.82) is 0 Å². The molecule has 1 aliphatic heterocycles. The molecule has 8 heteroatoms. The summed E-state index contributed by atoms with van der Waals surface area (Å²) in [6.07, 6.45) is 0.846. The molecule has 1 unspecified atom stereocenters. The number of benzene rings is 2. The summed E-state index contributed by atoms with van der Waals surface area (Å²) in [7, 11) is 0. The molecule has 0 spiro atoms. The van der Waals surface area contributed by atoms with Crippen molar-refractivity contribution in [3.05, 3.63) is 81.1 Å². The highest BCUT2D eigenvalue weighted by Crippen LogP contribution is 2.44. The number of carbonyl (C=O) groups excluding carboxylic acids is 1. The Balaban J connectivity index is 1.71. The monoisotopic (exact) mass is 450 g/mol. The third kappa shape index (κ3) is 3.91. The zero-order valence-electron chi connectivity index (χ0n) is 17.8. The summed E-state index contributed by atoms with van der Waals surface area (Å²) in [5.41, 5.74) is 9.41. The largest absolute Gasteiger partial charge is 0.481 e. The van der Waals surface area contributed by atoms with Crippen LogP contribution in [-0.2, 0) is 27.8 Å². The molecule has 4 N–H and O–H groups in total. The van der Waals surface area contributed by atoms with Crippen molar-refractivity contribution in [1.82, 2.24) is 9.97 Å². The van der Waals surface area contributed by atoms with Crippen LogP contribution in [0.3, 0.4) is 0 Å². The van der Waals surface area contributed by atoms with Gasteiger partial charge in [0.1, 0.15) is 22.9 Å². The fraction of sp³-hybridized carbons (Fsp3) is 0.250. The number of nitrogens with zero attached hydrogens (tertiary/aromatic N) is 2. The van der Waals surface area contributed by atoms with Gasteiger partial charge >= 0.3 is 5.97 Å². The molecule has 2 heterocycles. The SMILES string of the molecule is Cc1cc(Cl)ccc1Cc1nc(N)c2c(n1)NC(=O)C2(C)c1cccc(CCC(=O)O)c1. The summed E-state index contributed by atoms with van der Waals surface area (Å²) >= 11 is 6.05. The van der Waals surface area contributed by atoms with Crippen LogP contribution >= 0.6 is 11.6 Å². The quantitative estimate of drug-likeness (QED) is 0.524. The van der Waals surface area contributed by atoms with E-state index in [0.717, 1.165) is 16.7 Å². The number of carboxylic acid groups (broad SMARTS) is 1. The molecular formula is C24H23ClN4O3. The highest BCUT2D eigenvalue weighted by molar-refractivity contribution is 6.30. The van der Waals surface area contributed by atoms with Crippen LogP contribution < -0.4 is 11.1 Å². The normalized spacial score (nSPS) is 17.2. The number of nitrogens with one attached hydrogen (secondary N) is 1. The molecule has 0 saturated carbocycles. The fourth-order valence-electron chi connectivity index (χ4n) is 4.13. The Morgan fingerprint density at radius 1 is 1.22 bits per heavy atom. The number of aryl methyl sites for hydroxylation is 2. The van der Waals surface area contributed by atoms with Gasteiger partial charge in [0.05, 0.1) is 5.56 Å². The number of carbonyl (C=O) groups is 2. The van der Waals surface area contributed by atoms with Crippen molar-refractivity contribution in [3.63, 3.8) is 0 Å². The number of carboxylic acids is 1. The lowest BCUT2D eigenvalue weighted by Gasteiger charge is -2.24. The van der Waals surface area contributed by atoms with Crippen LogP contribution in [0, 0.1) is 6.92 Å². The van der Waals surface area contributed by atoms with Crippen molar-refractivity contribution in [2.45, 2.75) is 38.5 Å². The smallest absolute Gasteiger partial charge is 0.303 e. The predicted octanol–water partition coefficient (Wildman–Crippen LogP) is 3.89. The zero-order valence-corrected chi connectivity index (χ0v) is 18.5. The van der Waals surface area contributed by atoms with Gasteiger partial charge in [-0.3, -0.25) is 9.59 Å². The van der Waals surface area contributed by atoms with E-state index >= 15 is 0 Å². The Labute approximate surface area is 190 Å². The minimum atomic E-state index is -1.08. The number of amides is 1. The lowest BCUT2D eigenvalue weighted by atomic mass is 9.77. The number of hydrogen-bond acceptors (Lipinski definition) is 5. The number of anilines is 2. The minimum Gasteiger partial charge on any atom is -0.481 e. The second-order valence-corrected chi connectivity index (χ2v) is 8.61. The first-order valence-corrected chi connectivity index (χ1v) is 10.6. The summed E-state index contributed by atoms with van der Waals surface area (Å²) < 4.78 is 0. The van der Waals surface area contributed by atoms with E-state index in [9.17, 15) is 9.59 Å². The Morgan fingerprint density at radius 2 is 2.00 bits per heavy atom. The molecule has 0 saturated heterocycles. The molecule has 164 valence electrons. The molecule has 1 amide bonds. The molecule has 7 nitrogen and oxygen atoms in total. The molecular weight excluding hydrogens is 428 g/mol. The van der Waals surface area contributed by atoms with Crippen LogP contribution in [0.1, 0.15) is 47.0 Å². The number of nitrogen functional groups attached to an aromatic ring is 1. The molecule has 2 aromatic carbocycles.